The van der Waals surface area contributed by atoms with Crippen molar-refractivity contribution in [2.24, 2.45) is 0 Å². The van der Waals surface area contributed by atoms with Crippen LogP contribution in [0.3, 0.4) is 0 Å². The van der Waals surface area contributed by atoms with E-state index in [-0.39, 0.29) is 12.1 Å². The summed E-state index contributed by atoms with van der Waals surface area (Å²) in [6.07, 6.45) is 1.83. The van der Waals surface area contributed by atoms with Crippen LogP contribution in [-0.2, 0) is 0 Å². The van der Waals surface area contributed by atoms with Crippen molar-refractivity contribution in [1.82, 2.24) is 4.98 Å². The maximum atomic E-state index is 5.33. The van der Waals surface area contributed by atoms with Crippen molar-refractivity contribution < 1.29 is 0 Å². The predicted octanol–water partition coefficient (Wildman–Crippen LogP) is 3.47. The summed E-state index contributed by atoms with van der Waals surface area (Å²) in [5, 5.41) is 10.2. The van der Waals surface area contributed by atoms with Gasteiger partial charge < -0.3 is 16.0 Å². The summed E-state index contributed by atoms with van der Waals surface area (Å²) in [7, 11) is 0. The number of anilines is 3. The third-order valence-corrected chi connectivity index (χ3v) is 4.35. The van der Waals surface area contributed by atoms with Crippen LogP contribution in [0.1, 0.15) is 30.3 Å². The Labute approximate surface area is 122 Å². The van der Waals surface area contributed by atoms with Crippen LogP contribution in [0.2, 0.25) is 0 Å². The largest absolute Gasteiger partial charge is 0.359 e. The Morgan fingerprint density at radius 3 is 2.65 bits per heavy atom. The van der Waals surface area contributed by atoms with Crippen molar-refractivity contribution in [3.63, 3.8) is 0 Å². The molecule has 0 amide bonds. The van der Waals surface area contributed by atoms with Crippen LogP contribution < -0.4 is 16.0 Å². The molecule has 0 radical (unpaired) electrons. The van der Waals surface area contributed by atoms with Crippen molar-refractivity contribution in [2.75, 3.05) is 16.0 Å². The molecule has 1 aromatic carbocycles. The maximum Gasteiger partial charge on any atom is 0.141 e. The Hall–Kier alpha value is -2.14. The van der Waals surface area contributed by atoms with Gasteiger partial charge in [-0.05, 0) is 29.8 Å². The van der Waals surface area contributed by atoms with E-state index in [1.807, 2.05) is 24.4 Å². The van der Waals surface area contributed by atoms with Gasteiger partial charge in [-0.25, -0.2) is 0 Å². The van der Waals surface area contributed by atoms with E-state index in [0.29, 0.717) is 0 Å². The molecule has 2 unspecified atom stereocenters. The lowest BCUT2D eigenvalue weighted by atomic mass is 10.0. The fourth-order valence-corrected chi connectivity index (χ4v) is 2.98. The Bertz CT molecular complexity index is 699. The number of benzene rings is 1. The standard InChI is InChI=1S/C15H14N4S/c1-8-9-6-12-13(7-11(9)19-15(8)20)18-14(17-12)10-4-2-3-5-16-10/h2-8,14,17-18H,1H3,(H,19,20). The molecule has 0 fully saturated rings. The summed E-state index contributed by atoms with van der Waals surface area (Å²) in [6, 6.07) is 10.2. The van der Waals surface area contributed by atoms with Crippen LogP contribution in [0.5, 0.6) is 0 Å². The number of nitrogens with zero attached hydrogens (tertiary/aromatic N) is 1. The predicted molar refractivity (Wildman–Crippen MR) is 85.3 cm³/mol. The molecule has 5 heteroatoms. The number of fused-ring (bicyclic) bond motifs is 2. The van der Waals surface area contributed by atoms with Gasteiger partial charge in [-0.3, -0.25) is 4.98 Å². The number of aromatic nitrogens is 1. The minimum Gasteiger partial charge on any atom is -0.359 e. The SMILES string of the molecule is CC1C(=S)Nc2cc3c(cc21)NC(c1ccccn1)N3. The zero-order valence-corrected chi connectivity index (χ0v) is 11.8. The summed E-state index contributed by atoms with van der Waals surface area (Å²) in [5.41, 5.74) is 5.55. The number of hydrogen-bond donors (Lipinski definition) is 3. The highest BCUT2D eigenvalue weighted by Crippen LogP contribution is 2.43. The maximum absolute atomic E-state index is 5.33. The molecule has 0 spiro atoms. The van der Waals surface area contributed by atoms with Gasteiger partial charge in [-0.2, -0.15) is 0 Å². The van der Waals surface area contributed by atoms with Gasteiger partial charge in [0.25, 0.3) is 0 Å². The summed E-state index contributed by atoms with van der Waals surface area (Å²) in [5.74, 6) is 0.279. The number of rotatable bonds is 1. The summed E-state index contributed by atoms with van der Waals surface area (Å²) >= 11 is 5.33. The first-order chi connectivity index (χ1) is 9.72. The highest BCUT2D eigenvalue weighted by atomic mass is 32.1. The monoisotopic (exact) mass is 282 g/mol. The second kappa shape index (κ2) is 4.18. The second-order valence-electron chi connectivity index (χ2n) is 5.17. The molecular weight excluding hydrogens is 268 g/mol. The van der Waals surface area contributed by atoms with Crippen LogP contribution in [-0.4, -0.2) is 9.97 Å². The molecule has 0 saturated heterocycles. The summed E-state index contributed by atoms with van der Waals surface area (Å²) in [6.45, 7) is 2.13. The lowest BCUT2D eigenvalue weighted by molar-refractivity contribution is 0.886. The lowest BCUT2D eigenvalue weighted by Crippen LogP contribution is -2.13. The zero-order valence-electron chi connectivity index (χ0n) is 11.0. The van der Waals surface area contributed by atoms with Crippen molar-refractivity contribution >= 4 is 34.3 Å². The number of nitrogens with one attached hydrogen (secondary N) is 3. The minimum atomic E-state index is 0.0241. The quantitative estimate of drug-likeness (QED) is 0.699. The zero-order chi connectivity index (χ0) is 13.7. The van der Waals surface area contributed by atoms with E-state index >= 15 is 0 Å². The van der Waals surface area contributed by atoms with E-state index in [0.717, 1.165) is 27.7 Å². The highest BCUT2D eigenvalue weighted by Gasteiger charge is 2.29. The van der Waals surface area contributed by atoms with Gasteiger partial charge in [-0.15, -0.1) is 0 Å². The third kappa shape index (κ3) is 1.67. The Morgan fingerprint density at radius 2 is 1.90 bits per heavy atom. The van der Waals surface area contributed by atoms with Gasteiger partial charge in [0.2, 0.25) is 0 Å². The molecule has 3 heterocycles. The molecule has 1 aromatic heterocycles. The number of thiocarbonyl (C=S) groups is 1. The van der Waals surface area contributed by atoms with E-state index in [4.69, 9.17) is 12.2 Å². The first-order valence-corrected chi connectivity index (χ1v) is 7.06. The van der Waals surface area contributed by atoms with Gasteiger partial charge in [0, 0.05) is 17.8 Å². The van der Waals surface area contributed by atoms with E-state index in [2.05, 4.69) is 40.0 Å². The van der Waals surface area contributed by atoms with Crippen molar-refractivity contribution in [3.05, 3.63) is 47.8 Å². The Balaban J connectivity index is 1.69. The highest BCUT2D eigenvalue weighted by molar-refractivity contribution is 7.80. The van der Waals surface area contributed by atoms with Gasteiger partial charge in [0.1, 0.15) is 6.17 Å². The minimum absolute atomic E-state index is 0.0241. The van der Waals surface area contributed by atoms with Crippen molar-refractivity contribution in [3.8, 4) is 0 Å². The topological polar surface area (TPSA) is 49.0 Å². The fourth-order valence-electron chi connectivity index (χ4n) is 2.75. The fraction of sp³-hybridized carbons (Fsp3) is 0.200. The molecule has 2 aliphatic rings. The van der Waals surface area contributed by atoms with Crippen molar-refractivity contribution in [1.29, 1.82) is 0 Å². The van der Waals surface area contributed by atoms with Crippen LogP contribution in [0.4, 0.5) is 17.1 Å². The average Bonchev–Trinajstić information content (AvgIpc) is 3.00. The summed E-state index contributed by atoms with van der Waals surface area (Å²) in [4.78, 5) is 5.28. The van der Waals surface area contributed by atoms with E-state index < -0.39 is 0 Å². The smallest absolute Gasteiger partial charge is 0.141 e. The molecule has 4 rings (SSSR count). The first kappa shape index (κ1) is 11.7. The van der Waals surface area contributed by atoms with Crippen LogP contribution in [0.15, 0.2) is 36.5 Å². The van der Waals surface area contributed by atoms with Crippen LogP contribution in [0, 0.1) is 0 Å². The van der Waals surface area contributed by atoms with Gasteiger partial charge in [0.15, 0.2) is 0 Å². The first-order valence-electron chi connectivity index (χ1n) is 6.65. The molecule has 0 saturated carbocycles. The van der Waals surface area contributed by atoms with E-state index in [1.165, 1.54) is 5.56 Å². The van der Waals surface area contributed by atoms with Crippen LogP contribution >= 0.6 is 12.2 Å². The molecule has 2 aromatic rings. The normalized spacial score (nSPS) is 22.6. The average molecular weight is 282 g/mol. The molecule has 0 aliphatic carbocycles. The van der Waals surface area contributed by atoms with Gasteiger partial charge >= 0.3 is 0 Å². The molecule has 0 bridgehead atoms. The lowest BCUT2D eigenvalue weighted by Gasteiger charge is -2.10. The molecule has 3 N–H and O–H groups in total. The van der Waals surface area contributed by atoms with Gasteiger partial charge in [-0.1, -0.05) is 25.2 Å². The van der Waals surface area contributed by atoms with E-state index in [1.54, 1.807) is 0 Å². The molecule has 20 heavy (non-hydrogen) atoms. The van der Waals surface area contributed by atoms with Crippen LogP contribution in [0.25, 0.3) is 0 Å². The third-order valence-electron chi connectivity index (χ3n) is 3.89. The van der Waals surface area contributed by atoms with Gasteiger partial charge in [0.05, 0.1) is 22.1 Å². The number of pyridine rings is 1. The van der Waals surface area contributed by atoms with Crippen molar-refractivity contribution in [2.45, 2.75) is 19.0 Å². The second-order valence-corrected chi connectivity index (χ2v) is 5.61. The Kier molecular flexibility index (Phi) is 2.44. The molecule has 2 aliphatic heterocycles. The Morgan fingerprint density at radius 1 is 1.10 bits per heavy atom. The molecular formula is C15H14N4S. The molecule has 4 nitrogen and oxygen atoms in total. The number of hydrogen-bond acceptors (Lipinski definition) is 4. The molecule has 2 atom stereocenters. The van der Waals surface area contributed by atoms with E-state index in [9.17, 15) is 0 Å². The molecule has 100 valence electrons. The summed E-state index contributed by atoms with van der Waals surface area (Å²) < 4.78 is 0.